The molecule has 118 valence electrons. The van der Waals surface area contributed by atoms with E-state index in [-0.39, 0.29) is 5.56 Å². The van der Waals surface area contributed by atoms with Crippen LogP contribution in [0.4, 0.5) is 5.69 Å². The van der Waals surface area contributed by atoms with Crippen LogP contribution in [0.1, 0.15) is 33.6 Å². The summed E-state index contributed by atoms with van der Waals surface area (Å²) in [4.78, 5) is 14.7. The van der Waals surface area contributed by atoms with Gasteiger partial charge in [-0.25, -0.2) is 4.68 Å². The molecule has 1 aliphatic heterocycles. The molecule has 1 fully saturated rings. The van der Waals surface area contributed by atoms with Crippen molar-refractivity contribution >= 4 is 21.6 Å². The number of halogens is 1. The first kappa shape index (κ1) is 16.5. The number of nitrogens with one attached hydrogen (secondary N) is 1. The Bertz CT molecular complexity index is 529. The highest BCUT2D eigenvalue weighted by Crippen LogP contribution is 2.20. The second-order valence-electron chi connectivity index (χ2n) is 6.06. The lowest BCUT2D eigenvalue weighted by Gasteiger charge is -2.23. The van der Waals surface area contributed by atoms with Crippen LogP contribution in [0.3, 0.4) is 0 Å². The zero-order valence-electron chi connectivity index (χ0n) is 13.1. The van der Waals surface area contributed by atoms with Gasteiger partial charge in [0.05, 0.1) is 11.9 Å². The van der Waals surface area contributed by atoms with Crippen molar-refractivity contribution in [2.75, 3.05) is 25.0 Å². The summed E-state index contributed by atoms with van der Waals surface area (Å²) in [5.74, 6) is 0.400. The van der Waals surface area contributed by atoms with Crippen molar-refractivity contribution < 1.29 is 0 Å². The summed E-state index contributed by atoms with van der Waals surface area (Å²) < 4.78 is 2.10. The molecule has 0 spiro atoms. The third-order valence-corrected chi connectivity index (χ3v) is 4.72. The average Bonchev–Trinajstić information content (AvgIpc) is 2.90. The molecule has 0 bridgehead atoms. The summed E-state index contributed by atoms with van der Waals surface area (Å²) in [5, 5.41) is 7.64. The van der Waals surface area contributed by atoms with Gasteiger partial charge >= 0.3 is 0 Å². The maximum atomic E-state index is 12.2. The van der Waals surface area contributed by atoms with Gasteiger partial charge in [0.1, 0.15) is 4.47 Å². The van der Waals surface area contributed by atoms with Crippen molar-refractivity contribution in [3.8, 4) is 0 Å². The molecule has 0 aliphatic carbocycles. The largest absolute Gasteiger partial charge is 0.381 e. The van der Waals surface area contributed by atoms with Crippen molar-refractivity contribution in [2.45, 2.75) is 46.2 Å². The summed E-state index contributed by atoms with van der Waals surface area (Å²) in [5.41, 5.74) is 0.732. The van der Waals surface area contributed by atoms with Gasteiger partial charge in [0.15, 0.2) is 0 Å². The molecule has 0 saturated carbocycles. The summed E-state index contributed by atoms with van der Waals surface area (Å²) in [6, 6.07) is 0.556. The van der Waals surface area contributed by atoms with Crippen molar-refractivity contribution in [2.24, 2.45) is 5.92 Å². The zero-order valence-corrected chi connectivity index (χ0v) is 14.7. The lowest BCUT2D eigenvalue weighted by Crippen LogP contribution is -2.35. The Morgan fingerprint density at radius 2 is 2.29 bits per heavy atom. The van der Waals surface area contributed by atoms with Crippen molar-refractivity contribution in [3.05, 3.63) is 21.0 Å². The van der Waals surface area contributed by atoms with Crippen LogP contribution in [-0.4, -0.2) is 40.4 Å². The molecule has 1 N–H and O–H groups in total. The molecule has 0 amide bonds. The fourth-order valence-electron chi connectivity index (χ4n) is 2.83. The van der Waals surface area contributed by atoms with Crippen LogP contribution >= 0.6 is 15.9 Å². The number of nitrogens with zero attached hydrogens (tertiary/aromatic N) is 3. The van der Waals surface area contributed by atoms with Gasteiger partial charge in [-0.05, 0) is 47.8 Å². The third kappa shape index (κ3) is 4.07. The summed E-state index contributed by atoms with van der Waals surface area (Å²) in [6.07, 6.45) is 4.23. The number of hydrogen-bond donors (Lipinski definition) is 1. The summed E-state index contributed by atoms with van der Waals surface area (Å²) in [7, 11) is 0. The molecule has 1 aromatic rings. The number of hydrogen-bond acceptors (Lipinski definition) is 4. The second kappa shape index (κ2) is 7.40. The van der Waals surface area contributed by atoms with Gasteiger partial charge in [0, 0.05) is 19.1 Å². The molecule has 0 aromatic carbocycles. The van der Waals surface area contributed by atoms with Gasteiger partial charge in [0.25, 0.3) is 5.56 Å². The van der Waals surface area contributed by atoms with E-state index in [1.54, 1.807) is 6.20 Å². The normalized spacial score (nSPS) is 19.4. The SMILES string of the molecule is CCN1CCCC1CNc1cnn(CC(C)C)c(=O)c1Br. The zero-order chi connectivity index (χ0) is 15.4. The molecule has 1 unspecified atom stereocenters. The fraction of sp³-hybridized carbons (Fsp3) is 0.733. The van der Waals surface area contributed by atoms with Crippen LogP contribution in [0.15, 0.2) is 15.5 Å². The molecule has 1 atom stereocenters. The topological polar surface area (TPSA) is 50.2 Å². The summed E-state index contributed by atoms with van der Waals surface area (Å²) >= 11 is 3.41. The third-order valence-electron chi connectivity index (χ3n) is 3.96. The predicted octanol–water partition coefficient (Wildman–Crippen LogP) is 2.56. The summed E-state index contributed by atoms with van der Waals surface area (Å²) in [6.45, 7) is 10.1. The predicted molar refractivity (Wildman–Crippen MR) is 89.8 cm³/mol. The van der Waals surface area contributed by atoms with Gasteiger partial charge in [-0.1, -0.05) is 20.8 Å². The van der Waals surface area contributed by atoms with Crippen molar-refractivity contribution in [1.29, 1.82) is 0 Å². The van der Waals surface area contributed by atoms with E-state index in [4.69, 9.17) is 0 Å². The van der Waals surface area contributed by atoms with E-state index in [1.807, 2.05) is 0 Å². The Morgan fingerprint density at radius 3 is 2.95 bits per heavy atom. The van der Waals surface area contributed by atoms with Crippen LogP contribution in [0.5, 0.6) is 0 Å². The van der Waals surface area contributed by atoms with Crippen molar-refractivity contribution in [3.63, 3.8) is 0 Å². The Hall–Kier alpha value is -0.880. The van der Waals surface area contributed by atoms with E-state index in [2.05, 4.69) is 52.0 Å². The lowest BCUT2D eigenvalue weighted by atomic mass is 10.2. The van der Waals surface area contributed by atoms with Crippen LogP contribution in [0, 0.1) is 5.92 Å². The molecule has 2 rings (SSSR count). The highest BCUT2D eigenvalue weighted by atomic mass is 79.9. The standard InChI is InChI=1S/C15H25BrN4O/c1-4-19-7-5-6-12(19)8-17-13-9-18-20(10-11(2)3)15(21)14(13)16/h9,11-12,17H,4-8,10H2,1-3H3. The number of rotatable bonds is 6. The van der Waals surface area contributed by atoms with Crippen LogP contribution in [-0.2, 0) is 6.54 Å². The number of likely N-dealkylation sites (tertiary alicyclic amines) is 1. The number of anilines is 1. The van der Waals surface area contributed by atoms with E-state index in [0.29, 0.717) is 23.0 Å². The average molecular weight is 357 g/mol. The molecule has 1 saturated heterocycles. The van der Waals surface area contributed by atoms with Crippen LogP contribution in [0.2, 0.25) is 0 Å². The van der Waals surface area contributed by atoms with Gasteiger partial charge in [-0.3, -0.25) is 9.69 Å². The molecular weight excluding hydrogens is 332 g/mol. The van der Waals surface area contributed by atoms with E-state index in [1.165, 1.54) is 24.1 Å². The Kier molecular flexibility index (Phi) is 5.81. The van der Waals surface area contributed by atoms with Crippen LogP contribution < -0.4 is 10.9 Å². The Balaban J connectivity index is 2.04. The molecule has 6 heteroatoms. The Labute approximate surface area is 134 Å². The first-order valence-electron chi connectivity index (χ1n) is 7.76. The maximum absolute atomic E-state index is 12.2. The first-order chi connectivity index (χ1) is 10.0. The van der Waals surface area contributed by atoms with Crippen molar-refractivity contribution in [1.82, 2.24) is 14.7 Å². The van der Waals surface area contributed by atoms with Gasteiger partial charge in [0.2, 0.25) is 0 Å². The van der Waals surface area contributed by atoms with E-state index < -0.39 is 0 Å². The first-order valence-corrected chi connectivity index (χ1v) is 8.55. The van der Waals surface area contributed by atoms with E-state index >= 15 is 0 Å². The molecule has 5 nitrogen and oxygen atoms in total. The molecule has 0 radical (unpaired) electrons. The minimum Gasteiger partial charge on any atom is -0.381 e. The molecule has 1 aliphatic rings. The van der Waals surface area contributed by atoms with E-state index in [9.17, 15) is 4.79 Å². The molecule has 2 heterocycles. The molecule has 1 aromatic heterocycles. The monoisotopic (exact) mass is 356 g/mol. The lowest BCUT2D eigenvalue weighted by molar-refractivity contribution is 0.277. The Morgan fingerprint density at radius 1 is 1.52 bits per heavy atom. The highest BCUT2D eigenvalue weighted by Gasteiger charge is 2.23. The fourth-order valence-corrected chi connectivity index (χ4v) is 3.28. The minimum absolute atomic E-state index is 0.0625. The van der Waals surface area contributed by atoms with Crippen LogP contribution in [0.25, 0.3) is 0 Å². The van der Waals surface area contributed by atoms with Gasteiger partial charge in [-0.15, -0.1) is 0 Å². The highest BCUT2D eigenvalue weighted by molar-refractivity contribution is 9.10. The number of likely N-dealkylation sites (N-methyl/N-ethyl adjacent to an activating group) is 1. The smallest absolute Gasteiger partial charge is 0.283 e. The maximum Gasteiger partial charge on any atom is 0.283 e. The second-order valence-corrected chi connectivity index (χ2v) is 6.85. The van der Waals surface area contributed by atoms with Gasteiger partial charge in [-0.2, -0.15) is 5.10 Å². The molecule has 21 heavy (non-hydrogen) atoms. The number of aromatic nitrogens is 2. The minimum atomic E-state index is -0.0625. The molecular formula is C15H25BrN4O. The van der Waals surface area contributed by atoms with E-state index in [0.717, 1.165) is 18.8 Å². The quantitative estimate of drug-likeness (QED) is 0.850. The van der Waals surface area contributed by atoms with Gasteiger partial charge < -0.3 is 5.32 Å².